The molecular weight excluding hydrogens is 294 g/mol. The van der Waals surface area contributed by atoms with Crippen molar-refractivity contribution >= 4 is 33.2 Å². The summed E-state index contributed by atoms with van der Waals surface area (Å²) in [6, 6.07) is -0.224. The Kier molecular flexibility index (Phi) is 3.30. The highest BCUT2D eigenvalue weighted by molar-refractivity contribution is 9.11. The van der Waals surface area contributed by atoms with Gasteiger partial charge in [0.25, 0.3) is 5.91 Å². The van der Waals surface area contributed by atoms with Gasteiger partial charge in [0.05, 0.1) is 16.0 Å². The van der Waals surface area contributed by atoms with Crippen molar-refractivity contribution in [2.75, 3.05) is 0 Å². The molecule has 1 amide bonds. The van der Waals surface area contributed by atoms with Gasteiger partial charge in [-0.15, -0.1) is 11.3 Å². The van der Waals surface area contributed by atoms with Crippen molar-refractivity contribution in [1.82, 2.24) is 25.5 Å². The van der Waals surface area contributed by atoms with Crippen molar-refractivity contribution in [2.45, 2.75) is 13.0 Å². The van der Waals surface area contributed by atoms with Gasteiger partial charge in [0.1, 0.15) is 12.2 Å². The fraction of sp³-hybridized carbons (Fsp3) is 0.250. The van der Waals surface area contributed by atoms with Crippen LogP contribution in [0, 0.1) is 0 Å². The molecule has 0 aromatic carbocycles. The molecule has 1 atom stereocenters. The molecule has 2 rings (SSSR count). The number of nitrogens with one attached hydrogen (secondary N) is 2. The van der Waals surface area contributed by atoms with Crippen LogP contribution in [0.5, 0.6) is 0 Å². The summed E-state index contributed by atoms with van der Waals surface area (Å²) >= 11 is 4.54. The van der Waals surface area contributed by atoms with E-state index in [-0.39, 0.29) is 11.9 Å². The minimum absolute atomic E-state index is 0.223. The topological polar surface area (TPSA) is 83.6 Å². The van der Waals surface area contributed by atoms with Gasteiger partial charge >= 0.3 is 0 Å². The highest BCUT2D eigenvalue weighted by Crippen LogP contribution is 2.19. The highest BCUT2D eigenvalue weighted by Gasteiger charge is 2.15. The molecule has 0 aliphatic rings. The zero-order valence-electron chi connectivity index (χ0n) is 8.27. The Morgan fingerprint density at radius 1 is 1.62 bits per heavy atom. The molecular formula is C8H8BrN5OS. The number of hydrogen-bond acceptors (Lipinski definition) is 5. The largest absolute Gasteiger partial charge is 0.340 e. The van der Waals surface area contributed by atoms with Gasteiger partial charge in [-0.3, -0.25) is 9.89 Å². The second-order valence-corrected chi connectivity index (χ2v) is 5.45. The molecule has 0 saturated carbocycles. The van der Waals surface area contributed by atoms with Crippen LogP contribution in [0.4, 0.5) is 0 Å². The predicted octanol–water partition coefficient (Wildman–Crippen LogP) is 1.51. The fourth-order valence-electron chi connectivity index (χ4n) is 1.11. The van der Waals surface area contributed by atoms with E-state index in [4.69, 9.17) is 0 Å². The second-order valence-electron chi connectivity index (χ2n) is 3.04. The Bertz CT molecular complexity index is 482. The number of halogens is 1. The van der Waals surface area contributed by atoms with Gasteiger partial charge < -0.3 is 5.32 Å². The minimum Gasteiger partial charge on any atom is -0.340 e. The maximum Gasteiger partial charge on any atom is 0.280 e. The molecule has 0 spiro atoms. The smallest absolute Gasteiger partial charge is 0.280 e. The molecule has 2 heterocycles. The highest BCUT2D eigenvalue weighted by atomic mass is 79.9. The number of amides is 1. The van der Waals surface area contributed by atoms with E-state index in [9.17, 15) is 4.79 Å². The zero-order chi connectivity index (χ0) is 11.5. The number of thiazole rings is 1. The van der Waals surface area contributed by atoms with Crippen LogP contribution >= 0.6 is 27.3 Å². The lowest BCUT2D eigenvalue weighted by Gasteiger charge is -2.08. The predicted molar refractivity (Wildman–Crippen MR) is 62.1 cm³/mol. The number of hydrogen-bond donors (Lipinski definition) is 2. The SMILES string of the molecule is C[C@@H](NC(=O)c1ncc(Br)s1)c1ncn[nH]1. The molecule has 6 nitrogen and oxygen atoms in total. The Morgan fingerprint density at radius 2 is 2.44 bits per heavy atom. The van der Waals surface area contributed by atoms with E-state index in [1.807, 2.05) is 6.92 Å². The van der Waals surface area contributed by atoms with E-state index in [0.717, 1.165) is 3.79 Å². The van der Waals surface area contributed by atoms with Crippen LogP contribution in [0.1, 0.15) is 28.6 Å². The van der Waals surface area contributed by atoms with Crippen molar-refractivity contribution in [1.29, 1.82) is 0 Å². The first kappa shape index (κ1) is 11.2. The van der Waals surface area contributed by atoms with Gasteiger partial charge in [0.2, 0.25) is 0 Å². The summed E-state index contributed by atoms with van der Waals surface area (Å²) in [6.45, 7) is 1.82. The summed E-state index contributed by atoms with van der Waals surface area (Å²) in [7, 11) is 0. The molecule has 2 aromatic rings. The maximum absolute atomic E-state index is 11.7. The Morgan fingerprint density at radius 3 is 3.00 bits per heavy atom. The van der Waals surface area contributed by atoms with Crippen molar-refractivity contribution in [3.05, 3.63) is 27.1 Å². The van der Waals surface area contributed by atoms with Crippen LogP contribution in [0.25, 0.3) is 0 Å². The first-order valence-electron chi connectivity index (χ1n) is 4.44. The molecule has 0 radical (unpaired) electrons. The lowest BCUT2D eigenvalue weighted by atomic mass is 10.3. The summed E-state index contributed by atoms with van der Waals surface area (Å²) in [5.74, 6) is 0.392. The molecule has 2 aromatic heterocycles. The van der Waals surface area contributed by atoms with E-state index in [1.165, 1.54) is 17.7 Å². The van der Waals surface area contributed by atoms with Gasteiger partial charge in [0, 0.05) is 0 Å². The summed E-state index contributed by atoms with van der Waals surface area (Å²) < 4.78 is 0.824. The monoisotopic (exact) mass is 301 g/mol. The van der Waals surface area contributed by atoms with E-state index < -0.39 is 0 Å². The number of aromatic nitrogens is 4. The maximum atomic E-state index is 11.7. The van der Waals surface area contributed by atoms with Crippen LogP contribution in [0.3, 0.4) is 0 Å². The third kappa shape index (κ3) is 2.45. The molecule has 0 fully saturated rings. The molecule has 0 unspecified atom stereocenters. The summed E-state index contributed by atoms with van der Waals surface area (Å²) in [4.78, 5) is 19.6. The zero-order valence-corrected chi connectivity index (χ0v) is 10.7. The standard InChI is InChI=1S/C8H8BrN5OS/c1-4(6-11-3-12-14-6)13-7(15)8-10-2-5(9)16-8/h2-4H,1H3,(H,13,15)(H,11,12,14)/t4-/m1/s1. The molecule has 16 heavy (non-hydrogen) atoms. The molecule has 84 valence electrons. The second kappa shape index (κ2) is 4.71. The molecule has 0 saturated heterocycles. The van der Waals surface area contributed by atoms with Crippen molar-refractivity contribution in [3.63, 3.8) is 0 Å². The van der Waals surface area contributed by atoms with Gasteiger partial charge in [-0.05, 0) is 22.9 Å². The summed E-state index contributed by atoms with van der Waals surface area (Å²) in [5.41, 5.74) is 0. The van der Waals surface area contributed by atoms with E-state index in [2.05, 4.69) is 41.4 Å². The summed E-state index contributed by atoms with van der Waals surface area (Å²) in [5, 5.41) is 9.60. The van der Waals surface area contributed by atoms with Crippen molar-refractivity contribution < 1.29 is 4.79 Å². The first-order chi connectivity index (χ1) is 7.66. The number of rotatable bonds is 3. The van der Waals surface area contributed by atoms with Gasteiger partial charge in [-0.25, -0.2) is 9.97 Å². The normalized spacial score (nSPS) is 12.4. The molecule has 2 N–H and O–H groups in total. The third-order valence-corrected chi connectivity index (χ3v) is 3.34. The van der Waals surface area contributed by atoms with Crippen LogP contribution < -0.4 is 5.32 Å². The molecule has 8 heteroatoms. The van der Waals surface area contributed by atoms with Gasteiger partial charge in [0.15, 0.2) is 5.01 Å². The summed E-state index contributed by atoms with van der Waals surface area (Å²) in [6.07, 6.45) is 3.00. The van der Waals surface area contributed by atoms with Crippen molar-refractivity contribution in [2.24, 2.45) is 0 Å². The van der Waals surface area contributed by atoms with Crippen LogP contribution in [-0.2, 0) is 0 Å². The van der Waals surface area contributed by atoms with Crippen LogP contribution in [-0.4, -0.2) is 26.1 Å². The number of H-pyrrole nitrogens is 1. The van der Waals surface area contributed by atoms with Crippen LogP contribution in [0.15, 0.2) is 16.3 Å². The quantitative estimate of drug-likeness (QED) is 0.900. The van der Waals surface area contributed by atoms with Crippen LogP contribution in [0.2, 0.25) is 0 Å². The Labute approximate surface area is 104 Å². The lowest BCUT2D eigenvalue weighted by Crippen LogP contribution is -2.27. The number of aromatic amines is 1. The minimum atomic E-state index is -0.224. The lowest BCUT2D eigenvalue weighted by molar-refractivity contribution is 0.0938. The molecule has 0 aliphatic carbocycles. The average molecular weight is 302 g/mol. The van der Waals surface area contributed by atoms with Gasteiger partial charge in [-0.1, -0.05) is 0 Å². The number of carbonyl (C=O) groups excluding carboxylic acids is 1. The fourth-order valence-corrected chi connectivity index (χ4v) is 2.22. The number of carbonyl (C=O) groups is 1. The molecule has 0 bridgehead atoms. The first-order valence-corrected chi connectivity index (χ1v) is 6.05. The Balaban J connectivity index is 2.03. The van der Waals surface area contributed by atoms with Crippen molar-refractivity contribution in [3.8, 4) is 0 Å². The van der Waals surface area contributed by atoms with E-state index >= 15 is 0 Å². The third-order valence-electron chi connectivity index (χ3n) is 1.86. The molecule has 0 aliphatic heterocycles. The van der Waals surface area contributed by atoms with E-state index in [0.29, 0.717) is 10.8 Å². The number of nitrogens with zero attached hydrogens (tertiary/aromatic N) is 3. The Hall–Kier alpha value is -1.28. The average Bonchev–Trinajstić information content (AvgIpc) is 2.87. The van der Waals surface area contributed by atoms with Gasteiger partial charge in [-0.2, -0.15) is 5.10 Å². The van der Waals surface area contributed by atoms with E-state index in [1.54, 1.807) is 6.20 Å².